The first-order valence-corrected chi connectivity index (χ1v) is 4.90. The van der Waals surface area contributed by atoms with Crippen LogP contribution >= 0.6 is 0 Å². The summed E-state index contributed by atoms with van der Waals surface area (Å²) in [6, 6.07) is 0. The molecule has 0 heterocycles. The van der Waals surface area contributed by atoms with Gasteiger partial charge in [0, 0.05) is 6.54 Å². The lowest BCUT2D eigenvalue weighted by Crippen LogP contribution is -2.55. The molecule has 12 heavy (non-hydrogen) atoms. The van der Waals surface area contributed by atoms with Crippen LogP contribution in [0.15, 0.2) is 0 Å². The zero-order valence-corrected chi connectivity index (χ0v) is 8.18. The molecule has 0 aromatic heterocycles. The van der Waals surface area contributed by atoms with Crippen LogP contribution < -0.4 is 17.2 Å². The lowest BCUT2D eigenvalue weighted by atomic mass is 10.0. The van der Waals surface area contributed by atoms with E-state index in [-0.39, 0.29) is 0 Å². The Labute approximate surface area is 75.7 Å². The Morgan fingerprint density at radius 1 is 1.00 bits per heavy atom. The Kier molecular flexibility index (Phi) is 6.34. The minimum atomic E-state index is -0.633. The van der Waals surface area contributed by atoms with E-state index in [0.29, 0.717) is 6.54 Å². The highest BCUT2D eigenvalue weighted by Crippen LogP contribution is 2.08. The van der Waals surface area contributed by atoms with Crippen LogP contribution in [0.2, 0.25) is 0 Å². The van der Waals surface area contributed by atoms with Crippen LogP contribution in [0.3, 0.4) is 0 Å². The quantitative estimate of drug-likeness (QED) is 0.396. The van der Waals surface area contributed by atoms with Crippen LogP contribution in [0.4, 0.5) is 0 Å². The molecule has 0 aliphatic rings. The number of rotatable bonds is 7. The predicted octanol–water partition coefficient (Wildman–Crippen LogP) is 0.919. The maximum atomic E-state index is 5.68. The lowest BCUT2D eigenvalue weighted by molar-refractivity contribution is 0.396. The smallest absolute Gasteiger partial charge is 0.0762 e. The molecule has 0 saturated carbocycles. The van der Waals surface area contributed by atoms with Gasteiger partial charge in [-0.1, -0.05) is 39.0 Å². The molecule has 0 rings (SSSR count). The predicted molar refractivity (Wildman–Crippen MR) is 53.5 cm³/mol. The highest BCUT2D eigenvalue weighted by atomic mass is 15.0. The van der Waals surface area contributed by atoms with Gasteiger partial charge in [0.05, 0.1) is 5.66 Å². The third-order valence-corrected chi connectivity index (χ3v) is 2.13. The fourth-order valence-electron chi connectivity index (χ4n) is 1.16. The zero-order valence-electron chi connectivity index (χ0n) is 8.18. The van der Waals surface area contributed by atoms with Crippen LogP contribution in [0.25, 0.3) is 0 Å². The Morgan fingerprint density at radius 2 is 1.58 bits per heavy atom. The topological polar surface area (TPSA) is 78.1 Å². The third-order valence-electron chi connectivity index (χ3n) is 2.13. The first-order chi connectivity index (χ1) is 5.62. The molecule has 0 unspecified atom stereocenters. The molecule has 6 N–H and O–H groups in total. The molecule has 0 aliphatic carbocycles. The summed E-state index contributed by atoms with van der Waals surface area (Å²) in [5, 5.41) is 0. The van der Waals surface area contributed by atoms with Crippen molar-refractivity contribution in [3.63, 3.8) is 0 Å². The Morgan fingerprint density at radius 3 is 2.08 bits per heavy atom. The van der Waals surface area contributed by atoms with Crippen molar-refractivity contribution >= 4 is 0 Å². The molecule has 3 heteroatoms. The van der Waals surface area contributed by atoms with Crippen LogP contribution in [0.5, 0.6) is 0 Å². The standard InChI is InChI=1S/C9H23N3/c1-2-3-4-5-6-7-9(11,12)8-10/h2-8,10-12H2,1H3. The molecule has 74 valence electrons. The Balaban J connectivity index is 3.19. The molecule has 0 saturated heterocycles. The van der Waals surface area contributed by atoms with Gasteiger partial charge in [0.25, 0.3) is 0 Å². The molecule has 0 spiro atoms. The van der Waals surface area contributed by atoms with E-state index in [9.17, 15) is 0 Å². The highest BCUT2D eigenvalue weighted by Gasteiger charge is 2.14. The second-order valence-electron chi connectivity index (χ2n) is 3.60. The van der Waals surface area contributed by atoms with Gasteiger partial charge in [0.15, 0.2) is 0 Å². The van der Waals surface area contributed by atoms with E-state index in [4.69, 9.17) is 17.2 Å². The van der Waals surface area contributed by atoms with E-state index >= 15 is 0 Å². The van der Waals surface area contributed by atoms with Crippen molar-refractivity contribution in [2.75, 3.05) is 6.54 Å². The van der Waals surface area contributed by atoms with E-state index in [1.807, 2.05) is 0 Å². The van der Waals surface area contributed by atoms with Crippen molar-refractivity contribution in [3.05, 3.63) is 0 Å². The summed E-state index contributed by atoms with van der Waals surface area (Å²) in [6.45, 7) is 2.58. The van der Waals surface area contributed by atoms with Crippen molar-refractivity contribution in [2.24, 2.45) is 17.2 Å². The lowest BCUT2D eigenvalue weighted by Gasteiger charge is -2.21. The summed E-state index contributed by atoms with van der Waals surface area (Å²) >= 11 is 0. The van der Waals surface area contributed by atoms with Gasteiger partial charge in [-0.15, -0.1) is 0 Å². The molecule has 0 aromatic rings. The molecule has 0 radical (unpaired) electrons. The van der Waals surface area contributed by atoms with Crippen molar-refractivity contribution < 1.29 is 0 Å². The first-order valence-electron chi connectivity index (χ1n) is 4.90. The fourth-order valence-corrected chi connectivity index (χ4v) is 1.16. The van der Waals surface area contributed by atoms with Crippen molar-refractivity contribution in [3.8, 4) is 0 Å². The summed E-state index contributed by atoms with van der Waals surface area (Å²) in [5.41, 5.74) is 16.1. The molecule has 3 nitrogen and oxygen atoms in total. The average molecular weight is 173 g/mol. The van der Waals surface area contributed by atoms with Gasteiger partial charge in [-0.25, -0.2) is 0 Å². The minimum absolute atomic E-state index is 0.376. The molecule has 0 amide bonds. The first kappa shape index (κ1) is 11.9. The van der Waals surface area contributed by atoms with Crippen LogP contribution in [0, 0.1) is 0 Å². The summed E-state index contributed by atoms with van der Waals surface area (Å²) in [6.07, 6.45) is 7.04. The van der Waals surface area contributed by atoms with Gasteiger partial charge < -0.3 is 17.2 Å². The molecule has 0 bridgehead atoms. The maximum absolute atomic E-state index is 5.68. The SMILES string of the molecule is CCCCCCCC(N)(N)CN. The Bertz CT molecular complexity index is 102. The van der Waals surface area contributed by atoms with Crippen LogP contribution in [-0.4, -0.2) is 12.2 Å². The molecule has 0 aliphatic heterocycles. The van der Waals surface area contributed by atoms with Crippen molar-refractivity contribution in [2.45, 2.75) is 51.1 Å². The van der Waals surface area contributed by atoms with E-state index in [1.54, 1.807) is 0 Å². The second kappa shape index (κ2) is 6.40. The summed E-state index contributed by atoms with van der Waals surface area (Å²) in [7, 11) is 0. The van der Waals surface area contributed by atoms with Gasteiger partial charge in [0.1, 0.15) is 0 Å². The summed E-state index contributed by atoms with van der Waals surface area (Å²) < 4.78 is 0. The van der Waals surface area contributed by atoms with Gasteiger partial charge in [-0.2, -0.15) is 0 Å². The van der Waals surface area contributed by atoms with Gasteiger partial charge >= 0.3 is 0 Å². The number of hydrogen-bond acceptors (Lipinski definition) is 3. The fraction of sp³-hybridized carbons (Fsp3) is 1.00. The molecule has 0 aromatic carbocycles. The van der Waals surface area contributed by atoms with Crippen molar-refractivity contribution in [1.29, 1.82) is 0 Å². The van der Waals surface area contributed by atoms with Gasteiger partial charge in [0.2, 0.25) is 0 Å². The number of unbranched alkanes of at least 4 members (excludes halogenated alkanes) is 4. The van der Waals surface area contributed by atoms with Gasteiger partial charge in [-0.05, 0) is 6.42 Å². The summed E-state index contributed by atoms with van der Waals surface area (Å²) in [4.78, 5) is 0. The average Bonchev–Trinajstić information content (AvgIpc) is 2.04. The number of hydrogen-bond donors (Lipinski definition) is 3. The normalized spacial score (nSPS) is 12.0. The van der Waals surface area contributed by atoms with E-state index in [2.05, 4.69) is 6.92 Å². The highest BCUT2D eigenvalue weighted by molar-refractivity contribution is 4.76. The van der Waals surface area contributed by atoms with Crippen LogP contribution in [-0.2, 0) is 0 Å². The summed E-state index contributed by atoms with van der Waals surface area (Å²) in [5.74, 6) is 0. The monoisotopic (exact) mass is 173 g/mol. The van der Waals surface area contributed by atoms with Crippen LogP contribution in [0.1, 0.15) is 45.4 Å². The number of nitrogens with two attached hydrogens (primary N) is 3. The zero-order chi connectivity index (χ0) is 9.45. The molecule has 0 fully saturated rings. The largest absolute Gasteiger partial charge is 0.328 e. The Hall–Kier alpha value is -0.120. The molecule has 0 atom stereocenters. The third kappa shape index (κ3) is 6.58. The van der Waals surface area contributed by atoms with Crippen molar-refractivity contribution in [1.82, 2.24) is 0 Å². The molecular formula is C9H23N3. The molecular weight excluding hydrogens is 150 g/mol. The second-order valence-corrected chi connectivity index (χ2v) is 3.60. The van der Waals surface area contributed by atoms with E-state index < -0.39 is 5.66 Å². The maximum Gasteiger partial charge on any atom is 0.0762 e. The van der Waals surface area contributed by atoms with E-state index in [1.165, 1.54) is 25.7 Å². The minimum Gasteiger partial charge on any atom is -0.328 e. The van der Waals surface area contributed by atoms with Gasteiger partial charge in [-0.3, -0.25) is 0 Å². The van der Waals surface area contributed by atoms with E-state index in [0.717, 1.165) is 12.8 Å².